The number of nitrogens with one attached hydrogen (secondary N) is 1. The summed E-state index contributed by atoms with van der Waals surface area (Å²) in [4.78, 5) is 4.30. The molecule has 0 radical (unpaired) electrons. The number of anilines is 1. The summed E-state index contributed by atoms with van der Waals surface area (Å²) in [5.74, 6) is 0.482. The quantitative estimate of drug-likeness (QED) is 0.431. The van der Waals surface area contributed by atoms with Gasteiger partial charge in [0.1, 0.15) is 0 Å². The Morgan fingerprint density at radius 3 is 2.58 bits per heavy atom. The number of benzene rings is 1. The smallest absolute Gasteiger partial charge is 0.193 e. The second-order valence-electron chi connectivity index (χ2n) is 4.50. The summed E-state index contributed by atoms with van der Waals surface area (Å²) in [5.41, 5.74) is 8.13. The van der Waals surface area contributed by atoms with Crippen molar-refractivity contribution in [2.45, 2.75) is 32.6 Å². The summed E-state index contributed by atoms with van der Waals surface area (Å²) in [5, 5.41) is 3.10. The van der Waals surface area contributed by atoms with Crippen LogP contribution in [0.4, 0.5) is 5.69 Å². The third kappa shape index (κ3) is 6.82. The van der Waals surface area contributed by atoms with Gasteiger partial charge in [0.05, 0.1) is 0 Å². The van der Waals surface area contributed by atoms with E-state index in [2.05, 4.69) is 29.4 Å². The van der Waals surface area contributed by atoms with Crippen molar-refractivity contribution in [1.29, 1.82) is 0 Å². The third-order valence-electron chi connectivity index (χ3n) is 2.92. The van der Waals surface area contributed by atoms with E-state index < -0.39 is 0 Å². The minimum Gasteiger partial charge on any atom is -0.385 e. The van der Waals surface area contributed by atoms with Crippen LogP contribution < -0.4 is 11.1 Å². The van der Waals surface area contributed by atoms with Crippen molar-refractivity contribution in [2.75, 3.05) is 25.6 Å². The molecular formula is C15H25N3O. The zero-order valence-electron chi connectivity index (χ0n) is 12.0. The molecule has 0 amide bonds. The second kappa shape index (κ2) is 9.39. The van der Waals surface area contributed by atoms with Gasteiger partial charge in [0.2, 0.25) is 0 Å². The Morgan fingerprint density at radius 2 is 1.95 bits per heavy atom. The predicted octanol–water partition coefficient (Wildman–Crippen LogP) is 2.79. The number of unbranched alkanes of at least 4 members (excludes halogenated alkanes) is 2. The first-order chi connectivity index (χ1) is 9.26. The van der Waals surface area contributed by atoms with Gasteiger partial charge in [-0.1, -0.05) is 19.1 Å². The minimum absolute atomic E-state index is 0.482. The Hall–Kier alpha value is -1.55. The summed E-state index contributed by atoms with van der Waals surface area (Å²) >= 11 is 0. The maximum atomic E-state index is 5.83. The lowest BCUT2D eigenvalue weighted by Gasteiger charge is -2.06. The average Bonchev–Trinajstić information content (AvgIpc) is 2.43. The van der Waals surface area contributed by atoms with Crippen LogP contribution in [0.5, 0.6) is 0 Å². The monoisotopic (exact) mass is 263 g/mol. The number of rotatable bonds is 8. The molecule has 1 aromatic carbocycles. The van der Waals surface area contributed by atoms with Crippen molar-refractivity contribution in [3.8, 4) is 0 Å². The first kappa shape index (κ1) is 15.5. The van der Waals surface area contributed by atoms with Crippen LogP contribution in [0.25, 0.3) is 0 Å². The summed E-state index contributed by atoms with van der Waals surface area (Å²) in [7, 11) is 1.73. The number of nitrogens with two attached hydrogens (primary N) is 1. The van der Waals surface area contributed by atoms with E-state index in [1.54, 1.807) is 7.11 Å². The van der Waals surface area contributed by atoms with E-state index in [0.717, 1.165) is 44.5 Å². The molecule has 0 saturated heterocycles. The highest BCUT2D eigenvalue weighted by molar-refractivity contribution is 5.92. The molecule has 106 valence electrons. The van der Waals surface area contributed by atoms with Crippen molar-refractivity contribution in [3.63, 3.8) is 0 Å². The number of guanidine groups is 1. The molecule has 0 atom stereocenters. The van der Waals surface area contributed by atoms with Gasteiger partial charge in [-0.2, -0.15) is 0 Å². The molecule has 19 heavy (non-hydrogen) atoms. The average molecular weight is 263 g/mol. The number of aliphatic imine (C=N–C) groups is 1. The minimum atomic E-state index is 0.482. The van der Waals surface area contributed by atoms with Crippen molar-refractivity contribution in [2.24, 2.45) is 10.7 Å². The van der Waals surface area contributed by atoms with Gasteiger partial charge in [0.25, 0.3) is 0 Å². The molecule has 0 aliphatic heterocycles. The lowest BCUT2D eigenvalue weighted by Crippen LogP contribution is -2.22. The second-order valence-corrected chi connectivity index (χ2v) is 4.50. The van der Waals surface area contributed by atoms with Crippen LogP contribution >= 0.6 is 0 Å². The standard InChI is InChI=1S/C15H25N3O/c1-3-13-7-9-14(10-8-13)18-15(16)17-11-5-4-6-12-19-2/h7-10H,3-6,11-12H2,1-2H3,(H3,16,17,18). The van der Waals surface area contributed by atoms with Crippen molar-refractivity contribution in [1.82, 2.24) is 0 Å². The van der Waals surface area contributed by atoms with E-state index in [1.807, 2.05) is 12.1 Å². The number of methoxy groups -OCH3 is 1. The normalized spacial score (nSPS) is 11.6. The zero-order chi connectivity index (χ0) is 13.9. The molecule has 0 aromatic heterocycles. The number of hydrogen-bond acceptors (Lipinski definition) is 2. The lowest BCUT2D eigenvalue weighted by atomic mass is 10.1. The third-order valence-corrected chi connectivity index (χ3v) is 2.92. The fraction of sp³-hybridized carbons (Fsp3) is 0.533. The lowest BCUT2D eigenvalue weighted by molar-refractivity contribution is 0.192. The fourth-order valence-electron chi connectivity index (χ4n) is 1.75. The van der Waals surface area contributed by atoms with Crippen LogP contribution in [0.2, 0.25) is 0 Å². The molecular weight excluding hydrogens is 238 g/mol. The van der Waals surface area contributed by atoms with Crippen LogP contribution in [0.1, 0.15) is 31.7 Å². The molecule has 1 rings (SSSR count). The van der Waals surface area contributed by atoms with Crippen LogP contribution in [0, 0.1) is 0 Å². The first-order valence-electron chi connectivity index (χ1n) is 6.91. The maximum Gasteiger partial charge on any atom is 0.193 e. The van der Waals surface area contributed by atoms with Gasteiger partial charge in [-0.15, -0.1) is 0 Å². The molecule has 0 unspecified atom stereocenters. The molecule has 0 saturated carbocycles. The molecule has 4 nitrogen and oxygen atoms in total. The van der Waals surface area contributed by atoms with Gasteiger partial charge in [-0.05, 0) is 43.4 Å². The van der Waals surface area contributed by atoms with Crippen molar-refractivity contribution in [3.05, 3.63) is 29.8 Å². The molecule has 0 bridgehead atoms. The van der Waals surface area contributed by atoms with Gasteiger partial charge in [-0.3, -0.25) is 4.99 Å². The van der Waals surface area contributed by atoms with Crippen LogP contribution in [-0.4, -0.2) is 26.2 Å². The van der Waals surface area contributed by atoms with Crippen molar-refractivity contribution < 1.29 is 4.74 Å². The van der Waals surface area contributed by atoms with Crippen LogP contribution in [-0.2, 0) is 11.2 Å². The maximum absolute atomic E-state index is 5.83. The highest BCUT2D eigenvalue weighted by atomic mass is 16.5. The molecule has 4 heteroatoms. The van der Waals surface area contributed by atoms with Gasteiger partial charge >= 0.3 is 0 Å². The number of nitrogens with zero attached hydrogens (tertiary/aromatic N) is 1. The fourth-order valence-corrected chi connectivity index (χ4v) is 1.75. The topological polar surface area (TPSA) is 59.6 Å². The Labute approximate surface area is 116 Å². The first-order valence-corrected chi connectivity index (χ1v) is 6.91. The van der Waals surface area contributed by atoms with Gasteiger partial charge in [0, 0.05) is 25.9 Å². The molecule has 1 aromatic rings. The van der Waals surface area contributed by atoms with Gasteiger partial charge in [-0.25, -0.2) is 0 Å². The van der Waals surface area contributed by atoms with E-state index in [1.165, 1.54) is 5.56 Å². The van der Waals surface area contributed by atoms with Crippen molar-refractivity contribution >= 4 is 11.6 Å². The summed E-state index contributed by atoms with van der Waals surface area (Å²) in [6.07, 6.45) is 4.29. The largest absolute Gasteiger partial charge is 0.385 e. The number of hydrogen-bond donors (Lipinski definition) is 2. The molecule has 0 fully saturated rings. The summed E-state index contributed by atoms with van der Waals surface area (Å²) in [6, 6.07) is 8.25. The Bertz CT molecular complexity index is 373. The predicted molar refractivity (Wildman–Crippen MR) is 81.7 cm³/mol. The van der Waals surface area contributed by atoms with E-state index in [0.29, 0.717) is 5.96 Å². The van der Waals surface area contributed by atoms with Gasteiger partial charge < -0.3 is 15.8 Å². The molecule has 3 N–H and O–H groups in total. The van der Waals surface area contributed by atoms with Crippen LogP contribution in [0.3, 0.4) is 0 Å². The Kier molecular flexibility index (Phi) is 7.66. The zero-order valence-corrected chi connectivity index (χ0v) is 12.0. The molecule has 0 spiro atoms. The highest BCUT2D eigenvalue weighted by Gasteiger charge is 1.95. The molecule has 0 heterocycles. The SMILES string of the molecule is CCc1ccc(NC(N)=NCCCCCOC)cc1. The van der Waals surface area contributed by atoms with E-state index in [4.69, 9.17) is 10.5 Å². The molecule has 0 aliphatic rings. The highest BCUT2D eigenvalue weighted by Crippen LogP contribution is 2.09. The number of aryl methyl sites for hydroxylation is 1. The Morgan fingerprint density at radius 1 is 1.21 bits per heavy atom. The molecule has 0 aliphatic carbocycles. The summed E-state index contributed by atoms with van der Waals surface area (Å²) in [6.45, 7) is 3.72. The van der Waals surface area contributed by atoms with E-state index in [9.17, 15) is 0 Å². The van der Waals surface area contributed by atoms with Gasteiger partial charge in [0.15, 0.2) is 5.96 Å². The van der Waals surface area contributed by atoms with Crippen LogP contribution in [0.15, 0.2) is 29.3 Å². The van der Waals surface area contributed by atoms with E-state index >= 15 is 0 Å². The summed E-state index contributed by atoms with van der Waals surface area (Å²) < 4.78 is 4.99. The Balaban J connectivity index is 2.26. The van der Waals surface area contributed by atoms with E-state index in [-0.39, 0.29) is 0 Å². The number of ether oxygens (including phenoxy) is 1.